The molecule has 0 amide bonds. The number of alkyl halides is 1. The van der Waals surface area contributed by atoms with Gasteiger partial charge in [0.25, 0.3) is 0 Å². The van der Waals surface area contributed by atoms with Gasteiger partial charge in [0, 0.05) is 17.2 Å². The van der Waals surface area contributed by atoms with Gasteiger partial charge in [-0.1, -0.05) is 13.8 Å². The minimum atomic E-state index is -0.209. The summed E-state index contributed by atoms with van der Waals surface area (Å²) in [6.07, 6.45) is 8.04. The SMILES string of the molecule is C[C@]12C(Cl)C[C@@H](O)CC1CC[C@@H]1[C@@H]2CC[C@]2(C)C(=O)CC[C@@H]12. The predicted molar refractivity (Wildman–Crippen MR) is 87.8 cm³/mol. The van der Waals surface area contributed by atoms with Crippen LogP contribution in [0.4, 0.5) is 0 Å². The molecule has 4 aliphatic carbocycles. The van der Waals surface area contributed by atoms with E-state index in [-0.39, 0.29) is 22.3 Å². The number of hydrogen-bond donors (Lipinski definition) is 1. The summed E-state index contributed by atoms with van der Waals surface area (Å²) >= 11 is 6.83. The van der Waals surface area contributed by atoms with E-state index in [2.05, 4.69) is 13.8 Å². The number of halogens is 1. The van der Waals surface area contributed by atoms with Gasteiger partial charge in [-0.2, -0.15) is 0 Å². The van der Waals surface area contributed by atoms with Crippen LogP contribution in [0.15, 0.2) is 0 Å². The number of Topliss-reactive ketones (excluding diaryl/α,β-unsaturated/α-hetero) is 1. The molecule has 0 aromatic carbocycles. The van der Waals surface area contributed by atoms with E-state index in [1.807, 2.05) is 0 Å². The second kappa shape index (κ2) is 4.96. The van der Waals surface area contributed by atoms with E-state index in [1.54, 1.807) is 0 Å². The molecule has 4 fully saturated rings. The van der Waals surface area contributed by atoms with Crippen LogP contribution in [-0.4, -0.2) is 22.4 Å². The normalized spacial score (nSPS) is 57.9. The van der Waals surface area contributed by atoms with Crippen LogP contribution in [0.5, 0.6) is 0 Å². The van der Waals surface area contributed by atoms with E-state index in [0.717, 1.165) is 38.5 Å². The van der Waals surface area contributed by atoms with E-state index >= 15 is 0 Å². The summed E-state index contributed by atoms with van der Waals surface area (Å²) in [7, 11) is 0. The molecule has 4 aliphatic rings. The summed E-state index contributed by atoms with van der Waals surface area (Å²) in [5, 5.41) is 10.2. The topological polar surface area (TPSA) is 37.3 Å². The van der Waals surface area contributed by atoms with E-state index in [4.69, 9.17) is 11.6 Å². The summed E-state index contributed by atoms with van der Waals surface area (Å²) < 4.78 is 0. The van der Waals surface area contributed by atoms with Gasteiger partial charge in [-0.15, -0.1) is 11.6 Å². The van der Waals surface area contributed by atoms with Gasteiger partial charge >= 0.3 is 0 Å². The highest BCUT2D eigenvalue weighted by molar-refractivity contribution is 6.21. The summed E-state index contributed by atoms with van der Waals surface area (Å²) in [6, 6.07) is 0. The van der Waals surface area contributed by atoms with E-state index < -0.39 is 0 Å². The zero-order valence-corrected chi connectivity index (χ0v) is 14.6. The molecule has 0 heterocycles. The van der Waals surface area contributed by atoms with E-state index in [0.29, 0.717) is 29.5 Å². The van der Waals surface area contributed by atoms with Crippen molar-refractivity contribution in [2.24, 2.45) is 34.5 Å². The Kier molecular flexibility index (Phi) is 3.48. The van der Waals surface area contributed by atoms with Crippen LogP contribution < -0.4 is 0 Å². The van der Waals surface area contributed by atoms with Crippen molar-refractivity contribution in [1.29, 1.82) is 0 Å². The number of rotatable bonds is 0. The average Bonchev–Trinajstić information content (AvgIpc) is 2.77. The van der Waals surface area contributed by atoms with Crippen molar-refractivity contribution in [2.75, 3.05) is 0 Å². The second-order valence-electron chi connectivity index (χ2n) is 9.03. The summed E-state index contributed by atoms with van der Waals surface area (Å²) in [5.41, 5.74) is 0.122. The van der Waals surface area contributed by atoms with Gasteiger partial charge in [0.05, 0.1) is 6.10 Å². The molecule has 0 bridgehead atoms. The molecule has 0 aromatic rings. The molecule has 0 radical (unpaired) electrons. The highest BCUT2D eigenvalue weighted by Gasteiger charge is 2.62. The molecular formula is C19H29ClO2. The third kappa shape index (κ3) is 1.86. The molecule has 124 valence electrons. The van der Waals surface area contributed by atoms with Gasteiger partial charge < -0.3 is 5.11 Å². The highest BCUT2D eigenvalue weighted by atomic mass is 35.5. The van der Waals surface area contributed by atoms with Crippen LogP contribution in [0, 0.1) is 34.5 Å². The summed E-state index contributed by atoms with van der Waals surface area (Å²) in [6.45, 7) is 4.64. The van der Waals surface area contributed by atoms with Crippen molar-refractivity contribution in [3.63, 3.8) is 0 Å². The second-order valence-corrected chi connectivity index (χ2v) is 9.55. The first-order valence-electron chi connectivity index (χ1n) is 9.23. The summed E-state index contributed by atoms with van der Waals surface area (Å²) in [4.78, 5) is 12.4. The van der Waals surface area contributed by atoms with Crippen molar-refractivity contribution >= 4 is 17.4 Å². The van der Waals surface area contributed by atoms with Crippen molar-refractivity contribution in [1.82, 2.24) is 0 Å². The molecule has 0 spiro atoms. The Morgan fingerprint density at radius 3 is 2.64 bits per heavy atom. The maximum absolute atomic E-state index is 12.4. The predicted octanol–water partition coefficient (Wildman–Crippen LogP) is 4.18. The first-order valence-corrected chi connectivity index (χ1v) is 9.66. The van der Waals surface area contributed by atoms with Gasteiger partial charge in [-0.3, -0.25) is 4.79 Å². The van der Waals surface area contributed by atoms with Crippen LogP contribution in [0.2, 0.25) is 0 Å². The maximum atomic E-state index is 12.4. The Labute approximate surface area is 139 Å². The van der Waals surface area contributed by atoms with E-state index in [9.17, 15) is 9.90 Å². The molecule has 2 unspecified atom stereocenters. The molecule has 0 aliphatic heterocycles. The lowest BCUT2D eigenvalue weighted by Crippen LogP contribution is -2.58. The Morgan fingerprint density at radius 2 is 1.86 bits per heavy atom. The first-order chi connectivity index (χ1) is 10.4. The Bertz CT molecular complexity index is 492. The van der Waals surface area contributed by atoms with Crippen molar-refractivity contribution in [3.05, 3.63) is 0 Å². The third-order valence-electron chi connectivity index (χ3n) is 8.38. The molecule has 3 heteroatoms. The van der Waals surface area contributed by atoms with Gasteiger partial charge in [-0.25, -0.2) is 0 Å². The van der Waals surface area contributed by atoms with Crippen LogP contribution in [0.25, 0.3) is 0 Å². The van der Waals surface area contributed by atoms with Gasteiger partial charge in [0.1, 0.15) is 5.78 Å². The maximum Gasteiger partial charge on any atom is 0.139 e. The van der Waals surface area contributed by atoms with Crippen LogP contribution in [-0.2, 0) is 4.79 Å². The Balaban J connectivity index is 1.67. The number of hydrogen-bond acceptors (Lipinski definition) is 2. The largest absolute Gasteiger partial charge is 0.393 e. The fourth-order valence-corrected chi connectivity index (χ4v) is 7.56. The molecule has 4 saturated carbocycles. The number of aliphatic hydroxyl groups excluding tert-OH is 1. The number of carbonyl (C=O) groups excluding carboxylic acids is 1. The van der Waals surface area contributed by atoms with Crippen molar-refractivity contribution in [2.45, 2.75) is 76.7 Å². The van der Waals surface area contributed by atoms with Gasteiger partial charge in [-0.05, 0) is 74.0 Å². The number of carbonyl (C=O) groups is 1. The number of fused-ring (bicyclic) bond motifs is 5. The van der Waals surface area contributed by atoms with Crippen LogP contribution >= 0.6 is 11.6 Å². The van der Waals surface area contributed by atoms with Gasteiger partial charge in [0.2, 0.25) is 0 Å². The molecule has 4 rings (SSSR count). The molecule has 2 nitrogen and oxygen atoms in total. The minimum Gasteiger partial charge on any atom is -0.393 e. The number of ketones is 1. The zero-order chi connectivity index (χ0) is 15.7. The van der Waals surface area contributed by atoms with Crippen LogP contribution in [0.3, 0.4) is 0 Å². The first kappa shape index (κ1) is 15.4. The standard InChI is InChI=1S/C19H29ClO2/c1-18-8-7-15-13(14(18)5-6-17(18)22)4-3-11-9-12(21)10-16(20)19(11,15)2/h11-16,21H,3-10H2,1-2H3/t11?,12-,13-,14-,15-,16?,18-,19-/m0/s1. The lowest BCUT2D eigenvalue weighted by Gasteiger charge is -2.61. The van der Waals surface area contributed by atoms with Crippen LogP contribution in [0.1, 0.15) is 65.2 Å². The fraction of sp³-hybridized carbons (Fsp3) is 0.947. The highest BCUT2D eigenvalue weighted by Crippen LogP contribution is 2.66. The number of aliphatic hydroxyl groups is 1. The Morgan fingerprint density at radius 1 is 1.09 bits per heavy atom. The molecule has 1 N–H and O–H groups in total. The van der Waals surface area contributed by atoms with E-state index in [1.165, 1.54) is 12.8 Å². The summed E-state index contributed by atoms with van der Waals surface area (Å²) in [5.74, 6) is 3.02. The Hall–Kier alpha value is -0.0800. The van der Waals surface area contributed by atoms with Crippen molar-refractivity contribution < 1.29 is 9.90 Å². The molecule has 8 atom stereocenters. The van der Waals surface area contributed by atoms with Crippen molar-refractivity contribution in [3.8, 4) is 0 Å². The zero-order valence-electron chi connectivity index (χ0n) is 13.9. The lowest BCUT2D eigenvalue weighted by molar-refractivity contribution is -0.141. The quantitative estimate of drug-likeness (QED) is 0.679. The fourth-order valence-electron chi connectivity index (χ4n) is 7.02. The average molecular weight is 325 g/mol. The smallest absolute Gasteiger partial charge is 0.139 e. The van der Waals surface area contributed by atoms with Gasteiger partial charge in [0.15, 0.2) is 0 Å². The lowest BCUT2D eigenvalue weighted by atomic mass is 9.45. The molecule has 22 heavy (non-hydrogen) atoms. The molecular weight excluding hydrogens is 296 g/mol. The third-order valence-corrected chi connectivity index (χ3v) is 9.03. The molecule has 0 saturated heterocycles. The minimum absolute atomic E-state index is 0.0413. The molecule has 0 aromatic heterocycles. The monoisotopic (exact) mass is 324 g/mol.